The second kappa shape index (κ2) is 9.14. The van der Waals surface area contributed by atoms with Crippen molar-refractivity contribution >= 4 is 11.8 Å². The van der Waals surface area contributed by atoms with E-state index in [1.165, 1.54) is 19.3 Å². The lowest BCUT2D eigenvalue weighted by atomic mass is 9.88. The predicted molar refractivity (Wildman–Crippen MR) is 96.3 cm³/mol. The van der Waals surface area contributed by atoms with Crippen molar-refractivity contribution in [2.45, 2.75) is 64.7 Å². The summed E-state index contributed by atoms with van der Waals surface area (Å²) >= 11 is 0. The lowest BCUT2D eigenvalue weighted by molar-refractivity contribution is -0.142. The third kappa shape index (κ3) is 4.83. The fraction of sp³-hybridized carbons (Fsp3) is 0.789. The second-order valence-electron chi connectivity index (χ2n) is 7.40. The molecule has 1 aromatic rings. The Morgan fingerprint density at radius 3 is 2.42 bits per heavy atom. The first kappa shape index (κ1) is 18.9. The molecule has 0 bridgehead atoms. The van der Waals surface area contributed by atoms with E-state index in [1.807, 2.05) is 9.80 Å². The summed E-state index contributed by atoms with van der Waals surface area (Å²) in [5.41, 5.74) is 0. The highest BCUT2D eigenvalue weighted by Crippen LogP contribution is 2.25. The van der Waals surface area contributed by atoms with Gasteiger partial charge in [0.1, 0.15) is 0 Å². The second-order valence-corrected chi connectivity index (χ2v) is 7.40. The van der Waals surface area contributed by atoms with E-state index in [-0.39, 0.29) is 11.8 Å². The molecule has 1 aliphatic heterocycles. The Kier molecular flexibility index (Phi) is 6.63. The van der Waals surface area contributed by atoms with E-state index in [4.69, 9.17) is 4.52 Å². The van der Waals surface area contributed by atoms with Crippen molar-refractivity contribution in [3.8, 4) is 0 Å². The summed E-state index contributed by atoms with van der Waals surface area (Å²) in [6.07, 6.45) is 8.29. The summed E-state index contributed by atoms with van der Waals surface area (Å²) in [5, 5.41) is 3.91. The predicted octanol–water partition coefficient (Wildman–Crippen LogP) is 2.21. The van der Waals surface area contributed by atoms with Gasteiger partial charge in [-0.2, -0.15) is 4.98 Å². The molecule has 0 N–H and O–H groups in total. The molecule has 0 atom stereocenters. The standard InChI is InChI=1S/C19H30N4O3/c1-2-6-16-20-17(26-21-16)9-10-18(24)22-11-13-23(14-12-22)19(25)15-7-4-3-5-8-15/h15H,2-14H2,1H3. The largest absolute Gasteiger partial charge is 0.339 e. The molecule has 1 saturated heterocycles. The SMILES string of the molecule is CCCc1noc(CCC(=O)N2CCN(C(=O)C3CCCCC3)CC2)n1. The molecule has 0 unspecified atom stereocenters. The van der Waals surface area contributed by atoms with Gasteiger partial charge in [-0.3, -0.25) is 9.59 Å². The molecule has 0 radical (unpaired) electrons. The number of amides is 2. The van der Waals surface area contributed by atoms with Crippen molar-refractivity contribution in [2.24, 2.45) is 5.92 Å². The number of rotatable bonds is 6. The molecule has 2 heterocycles. The van der Waals surface area contributed by atoms with E-state index in [9.17, 15) is 9.59 Å². The van der Waals surface area contributed by atoms with Crippen molar-refractivity contribution < 1.29 is 14.1 Å². The highest BCUT2D eigenvalue weighted by Gasteiger charge is 2.29. The number of hydrogen-bond donors (Lipinski definition) is 0. The van der Waals surface area contributed by atoms with Crippen LogP contribution in [0.15, 0.2) is 4.52 Å². The van der Waals surface area contributed by atoms with Gasteiger partial charge in [0.05, 0.1) is 0 Å². The maximum atomic E-state index is 12.6. The highest BCUT2D eigenvalue weighted by atomic mass is 16.5. The lowest BCUT2D eigenvalue weighted by Gasteiger charge is -2.37. The third-order valence-electron chi connectivity index (χ3n) is 5.43. The van der Waals surface area contributed by atoms with Crippen LogP contribution in [0.25, 0.3) is 0 Å². The Bertz CT molecular complexity index is 602. The molecular formula is C19H30N4O3. The van der Waals surface area contributed by atoms with Crippen molar-refractivity contribution in [1.29, 1.82) is 0 Å². The molecule has 2 amide bonds. The van der Waals surface area contributed by atoms with Crippen molar-refractivity contribution in [2.75, 3.05) is 26.2 Å². The smallest absolute Gasteiger partial charge is 0.227 e. The number of carbonyl (C=O) groups excluding carboxylic acids is 2. The average molecular weight is 362 g/mol. The highest BCUT2D eigenvalue weighted by molar-refractivity contribution is 5.80. The van der Waals surface area contributed by atoms with Gasteiger partial charge in [0, 0.05) is 51.4 Å². The summed E-state index contributed by atoms with van der Waals surface area (Å²) in [6.45, 7) is 4.63. The summed E-state index contributed by atoms with van der Waals surface area (Å²) in [5.74, 6) is 1.86. The molecule has 2 fully saturated rings. The molecule has 1 aromatic heterocycles. The van der Waals surface area contributed by atoms with Crippen LogP contribution < -0.4 is 0 Å². The molecule has 26 heavy (non-hydrogen) atoms. The van der Waals surface area contributed by atoms with Gasteiger partial charge in [-0.15, -0.1) is 0 Å². The van der Waals surface area contributed by atoms with Crippen molar-refractivity contribution in [3.05, 3.63) is 11.7 Å². The molecule has 144 valence electrons. The summed E-state index contributed by atoms with van der Waals surface area (Å²) in [4.78, 5) is 33.1. The van der Waals surface area contributed by atoms with Crippen molar-refractivity contribution in [3.63, 3.8) is 0 Å². The normalized spacial score (nSPS) is 19.0. The zero-order valence-corrected chi connectivity index (χ0v) is 15.8. The Labute approximate surface area is 155 Å². The van der Waals surface area contributed by atoms with Gasteiger partial charge < -0.3 is 14.3 Å². The fourth-order valence-corrected chi connectivity index (χ4v) is 3.87. The van der Waals surface area contributed by atoms with Gasteiger partial charge >= 0.3 is 0 Å². The average Bonchev–Trinajstić information content (AvgIpc) is 3.14. The molecular weight excluding hydrogens is 332 g/mol. The quantitative estimate of drug-likeness (QED) is 0.775. The molecule has 1 saturated carbocycles. The fourth-order valence-electron chi connectivity index (χ4n) is 3.87. The van der Waals surface area contributed by atoms with E-state index in [2.05, 4.69) is 17.1 Å². The number of aryl methyl sites for hydroxylation is 2. The molecule has 7 heteroatoms. The number of piperazine rings is 1. The number of carbonyl (C=O) groups is 2. The van der Waals surface area contributed by atoms with Crippen LogP contribution in [-0.2, 0) is 22.4 Å². The van der Waals surface area contributed by atoms with Crippen molar-refractivity contribution in [1.82, 2.24) is 19.9 Å². The van der Waals surface area contributed by atoms with E-state index in [1.54, 1.807) is 0 Å². The molecule has 0 aromatic carbocycles. The van der Waals surface area contributed by atoms with E-state index in [0.29, 0.717) is 56.6 Å². The Morgan fingerprint density at radius 2 is 1.73 bits per heavy atom. The van der Waals surface area contributed by atoms with Gasteiger partial charge in [-0.25, -0.2) is 0 Å². The van der Waals surface area contributed by atoms with E-state index < -0.39 is 0 Å². The van der Waals surface area contributed by atoms with Crippen LogP contribution in [-0.4, -0.2) is 57.9 Å². The van der Waals surface area contributed by atoms with E-state index >= 15 is 0 Å². The van der Waals surface area contributed by atoms with Gasteiger partial charge in [0.2, 0.25) is 17.7 Å². The first-order valence-electron chi connectivity index (χ1n) is 10.1. The van der Waals surface area contributed by atoms with Gasteiger partial charge in [-0.1, -0.05) is 31.3 Å². The summed E-state index contributed by atoms with van der Waals surface area (Å²) < 4.78 is 5.19. The van der Waals surface area contributed by atoms with Crippen LogP contribution in [0, 0.1) is 5.92 Å². The number of hydrogen-bond acceptors (Lipinski definition) is 5. The number of aromatic nitrogens is 2. The maximum absolute atomic E-state index is 12.6. The molecule has 3 rings (SSSR count). The molecule has 1 aliphatic carbocycles. The lowest BCUT2D eigenvalue weighted by Crippen LogP contribution is -2.52. The van der Waals surface area contributed by atoms with Gasteiger partial charge in [-0.05, 0) is 19.3 Å². The number of nitrogens with zero attached hydrogens (tertiary/aromatic N) is 4. The summed E-state index contributed by atoms with van der Waals surface area (Å²) in [6, 6.07) is 0. The minimum atomic E-state index is 0.102. The van der Waals surface area contributed by atoms with Crippen LogP contribution >= 0.6 is 0 Å². The minimum absolute atomic E-state index is 0.102. The minimum Gasteiger partial charge on any atom is -0.339 e. The Morgan fingerprint density at radius 1 is 1.04 bits per heavy atom. The maximum Gasteiger partial charge on any atom is 0.227 e. The van der Waals surface area contributed by atoms with Gasteiger partial charge in [0.25, 0.3) is 0 Å². The van der Waals surface area contributed by atoms with E-state index in [0.717, 1.165) is 25.7 Å². The Hall–Kier alpha value is -1.92. The molecule has 2 aliphatic rings. The van der Waals surface area contributed by atoms with Crippen LogP contribution in [0.4, 0.5) is 0 Å². The molecule has 0 spiro atoms. The first-order chi connectivity index (χ1) is 12.7. The van der Waals surface area contributed by atoms with Crippen LogP contribution in [0.1, 0.15) is 63.6 Å². The monoisotopic (exact) mass is 362 g/mol. The Balaban J connectivity index is 1.40. The topological polar surface area (TPSA) is 79.5 Å². The van der Waals surface area contributed by atoms with Gasteiger partial charge in [0.15, 0.2) is 5.82 Å². The zero-order valence-electron chi connectivity index (χ0n) is 15.8. The van der Waals surface area contributed by atoms with Crippen LogP contribution in [0.3, 0.4) is 0 Å². The third-order valence-corrected chi connectivity index (χ3v) is 5.43. The van der Waals surface area contributed by atoms with Crippen LogP contribution in [0.2, 0.25) is 0 Å². The van der Waals surface area contributed by atoms with Crippen LogP contribution in [0.5, 0.6) is 0 Å². The zero-order chi connectivity index (χ0) is 18.4. The summed E-state index contributed by atoms with van der Waals surface area (Å²) in [7, 11) is 0. The first-order valence-corrected chi connectivity index (χ1v) is 10.1. The molecule has 7 nitrogen and oxygen atoms in total.